The zero-order valence-corrected chi connectivity index (χ0v) is 10.3. The van der Waals surface area contributed by atoms with Crippen LogP contribution in [0.5, 0.6) is 5.75 Å². The van der Waals surface area contributed by atoms with Crippen molar-refractivity contribution in [1.82, 2.24) is 0 Å². The average molecular weight is 293 g/mol. The Labute approximate surface area is 102 Å². The summed E-state index contributed by atoms with van der Waals surface area (Å²) in [5.74, 6) is 0.626. The highest BCUT2D eigenvalue weighted by Crippen LogP contribution is 2.34. The number of hydrogen-bond acceptors (Lipinski definition) is 3. The molecule has 3 N–H and O–H groups in total. The summed E-state index contributed by atoms with van der Waals surface area (Å²) in [5.41, 5.74) is 6.07. The molecule has 0 bridgehead atoms. The summed E-state index contributed by atoms with van der Waals surface area (Å²) >= 11 is 9.34. The summed E-state index contributed by atoms with van der Waals surface area (Å²) < 4.78 is 6.02. The van der Waals surface area contributed by atoms with Gasteiger partial charge in [-0.05, 0) is 40.3 Å². The van der Waals surface area contributed by atoms with Crippen molar-refractivity contribution < 1.29 is 9.84 Å². The summed E-state index contributed by atoms with van der Waals surface area (Å²) in [6.45, 7) is 0.211. The van der Waals surface area contributed by atoms with Crippen LogP contribution in [-0.2, 0) is 0 Å². The first-order valence-electron chi connectivity index (χ1n) is 4.30. The van der Waals surface area contributed by atoms with Crippen LogP contribution in [0.25, 0.3) is 6.08 Å². The first-order chi connectivity index (χ1) is 7.20. The Kier molecular flexibility index (Phi) is 4.94. The van der Waals surface area contributed by atoms with E-state index in [1.807, 2.05) is 0 Å². The molecule has 0 saturated heterocycles. The van der Waals surface area contributed by atoms with Crippen LogP contribution >= 0.6 is 27.5 Å². The van der Waals surface area contributed by atoms with Crippen molar-refractivity contribution in [2.75, 3.05) is 13.2 Å². The Morgan fingerprint density at radius 1 is 1.53 bits per heavy atom. The molecule has 1 aromatic carbocycles. The molecule has 0 saturated carbocycles. The van der Waals surface area contributed by atoms with Gasteiger partial charge < -0.3 is 15.6 Å². The van der Waals surface area contributed by atoms with E-state index in [0.717, 1.165) is 10.0 Å². The molecule has 0 aliphatic rings. The molecule has 0 aliphatic carbocycles. The minimum Gasteiger partial charge on any atom is -0.490 e. The first kappa shape index (κ1) is 12.4. The molecule has 0 atom stereocenters. The Morgan fingerprint density at radius 2 is 2.27 bits per heavy atom. The van der Waals surface area contributed by atoms with Crippen LogP contribution in [0.3, 0.4) is 0 Å². The van der Waals surface area contributed by atoms with E-state index < -0.39 is 0 Å². The van der Waals surface area contributed by atoms with E-state index in [1.54, 1.807) is 18.2 Å². The fraction of sp³-hybridized carbons (Fsp3) is 0.200. The highest BCUT2D eigenvalue weighted by atomic mass is 79.9. The van der Waals surface area contributed by atoms with Crippen molar-refractivity contribution in [3.05, 3.63) is 33.4 Å². The van der Waals surface area contributed by atoms with Crippen LogP contribution in [0.15, 0.2) is 22.8 Å². The van der Waals surface area contributed by atoms with Gasteiger partial charge in [-0.3, -0.25) is 0 Å². The van der Waals surface area contributed by atoms with Gasteiger partial charge in [0.25, 0.3) is 0 Å². The van der Waals surface area contributed by atoms with Crippen molar-refractivity contribution in [2.24, 2.45) is 5.73 Å². The van der Waals surface area contributed by atoms with Gasteiger partial charge in [-0.15, -0.1) is 0 Å². The topological polar surface area (TPSA) is 55.5 Å². The number of aliphatic hydroxyl groups excluding tert-OH is 1. The fourth-order valence-electron chi connectivity index (χ4n) is 1.07. The number of hydrogen-bond donors (Lipinski definition) is 2. The first-order valence-corrected chi connectivity index (χ1v) is 5.47. The molecule has 0 spiro atoms. The molecule has 0 unspecified atom stereocenters. The quantitative estimate of drug-likeness (QED) is 0.896. The van der Waals surface area contributed by atoms with Crippen molar-refractivity contribution in [3.8, 4) is 5.75 Å². The predicted molar refractivity (Wildman–Crippen MR) is 65.0 cm³/mol. The Morgan fingerprint density at radius 3 is 2.87 bits per heavy atom. The van der Waals surface area contributed by atoms with Crippen LogP contribution in [0, 0.1) is 0 Å². The van der Waals surface area contributed by atoms with Crippen LogP contribution < -0.4 is 10.5 Å². The minimum absolute atomic E-state index is 0.0306. The lowest BCUT2D eigenvalue weighted by Crippen LogP contribution is -2.02. The Bertz CT molecular complexity index is 369. The van der Waals surface area contributed by atoms with Gasteiger partial charge >= 0.3 is 0 Å². The molecule has 0 radical (unpaired) electrons. The molecule has 5 heteroatoms. The monoisotopic (exact) mass is 291 g/mol. The lowest BCUT2D eigenvalue weighted by Gasteiger charge is -2.09. The van der Waals surface area contributed by atoms with Gasteiger partial charge in [0.2, 0.25) is 0 Å². The Hall–Kier alpha value is -0.710. The second-order valence-corrected chi connectivity index (χ2v) is 3.90. The molecule has 3 nitrogen and oxygen atoms in total. The van der Waals surface area contributed by atoms with E-state index in [-0.39, 0.29) is 13.2 Å². The summed E-state index contributed by atoms with van der Waals surface area (Å²) in [6, 6.07) is 3.45. The van der Waals surface area contributed by atoms with E-state index in [9.17, 15) is 0 Å². The Balaban J connectivity index is 3.04. The van der Waals surface area contributed by atoms with Crippen molar-refractivity contribution in [3.63, 3.8) is 0 Å². The maximum Gasteiger partial charge on any atom is 0.134 e. The lowest BCUT2D eigenvalue weighted by molar-refractivity contribution is 0.200. The van der Waals surface area contributed by atoms with Crippen LogP contribution in [0.4, 0.5) is 0 Å². The molecule has 15 heavy (non-hydrogen) atoms. The SMILES string of the molecule is N/C=C/c1c(Cl)ccc(OCCO)c1Br. The smallest absolute Gasteiger partial charge is 0.134 e. The standard InChI is InChI=1S/C10H11BrClNO2/c11-10-7(3-4-13)8(12)1-2-9(10)15-6-5-14/h1-4,14H,5-6,13H2/b4-3+. The van der Waals surface area contributed by atoms with Gasteiger partial charge in [-0.1, -0.05) is 11.6 Å². The third-order valence-electron chi connectivity index (χ3n) is 1.70. The van der Waals surface area contributed by atoms with Crippen molar-refractivity contribution >= 4 is 33.6 Å². The molecule has 0 aliphatic heterocycles. The number of rotatable bonds is 4. The molecule has 1 aromatic rings. The molecule has 1 rings (SSSR count). The third kappa shape index (κ3) is 3.12. The van der Waals surface area contributed by atoms with Crippen molar-refractivity contribution in [1.29, 1.82) is 0 Å². The van der Waals surface area contributed by atoms with E-state index in [4.69, 9.17) is 27.2 Å². The summed E-state index contributed by atoms with van der Waals surface area (Å²) in [5, 5.41) is 9.23. The zero-order chi connectivity index (χ0) is 11.3. The van der Waals surface area contributed by atoms with Gasteiger partial charge in [0, 0.05) is 10.6 Å². The van der Waals surface area contributed by atoms with Crippen LogP contribution in [0.2, 0.25) is 5.02 Å². The lowest BCUT2D eigenvalue weighted by atomic mass is 10.2. The number of aliphatic hydroxyl groups is 1. The predicted octanol–water partition coefficient (Wildman–Crippen LogP) is 2.40. The highest BCUT2D eigenvalue weighted by molar-refractivity contribution is 9.10. The second kappa shape index (κ2) is 6.00. The van der Waals surface area contributed by atoms with Crippen LogP contribution in [0.1, 0.15) is 5.56 Å². The molecule has 0 amide bonds. The minimum atomic E-state index is -0.0306. The molecule has 0 heterocycles. The number of benzene rings is 1. The van der Waals surface area contributed by atoms with Gasteiger partial charge in [-0.25, -0.2) is 0 Å². The largest absolute Gasteiger partial charge is 0.490 e. The van der Waals surface area contributed by atoms with E-state index in [1.165, 1.54) is 6.20 Å². The highest BCUT2D eigenvalue weighted by Gasteiger charge is 2.08. The van der Waals surface area contributed by atoms with Gasteiger partial charge in [0.05, 0.1) is 11.1 Å². The number of halogens is 2. The van der Waals surface area contributed by atoms with Crippen LogP contribution in [-0.4, -0.2) is 18.3 Å². The molecule has 82 valence electrons. The molecular weight excluding hydrogens is 281 g/mol. The zero-order valence-electron chi connectivity index (χ0n) is 7.91. The van der Waals surface area contributed by atoms with Gasteiger partial charge in [-0.2, -0.15) is 0 Å². The number of ether oxygens (including phenoxy) is 1. The van der Waals surface area contributed by atoms with Crippen molar-refractivity contribution in [2.45, 2.75) is 0 Å². The van der Waals surface area contributed by atoms with Gasteiger partial charge in [0.1, 0.15) is 12.4 Å². The normalized spacial score (nSPS) is 10.9. The number of nitrogens with two attached hydrogens (primary N) is 1. The van der Waals surface area contributed by atoms with Gasteiger partial charge in [0.15, 0.2) is 0 Å². The third-order valence-corrected chi connectivity index (χ3v) is 2.85. The summed E-state index contributed by atoms with van der Waals surface area (Å²) in [4.78, 5) is 0. The molecule has 0 fully saturated rings. The summed E-state index contributed by atoms with van der Waals surface area (Å²) in [6.07, 6.45) is 3.08. The van der Waals surface area contributed by atoms with E-state index in [2.05, 4.69) is 15.9 Å². The van der Waals surface area contributed by atoms with E-state index in [0.29, 0.717) is 10.8 Å². The molecular formula is C10H11BrClNO2. The second-order valence-electron chi connectivity index (χ2n) is 2.70. The maximum atomic E-state index is 8.65. The fourth-order valence-corrected chi connectivity index (χ4v) is 1.99. The average Bonchev–Trinajstić information content (AvgIpc) is 2.23. The summed E-state index contributed by atoms with van der Waals surface area (Å²) in [7, 11) is 0. The molecule has 0 aromatic heterocycles. The van der Waals surface area contributed by atoms with E-state index >= 15 is 0 Å². The maximum absolute atomic E-state index is 8.65.